The maximum absolute atomic E-state index is 13.1. The van der Waals surface area contributed by atoms with Gasteiger partial charge in [-0.2, -0.15) is 5.26 Å². The number of hydrogen-bond donors (Lipinski definition) is 0. The van der Waals surface area contributed by atoms with Crippen LogP contribution in [0.1, 0.15) is 5.69 Å². The van der Waals surface area contributed by atoms with Crippen molar-refractivity contribution in [1.82, 2.24) is 3.97 Å². The zero-order valence-electron chi connectivity index (χ0n) is 15.6. The lowest BCUT2D eigenvalue weighted by Gasteiger charge is -2.10. The Kier molecular flexibility index (Phi) is 5.78. The molecule has 0 amide bonds. The summed E-state index contributed by atoms with van der Waals surface area (Å²) in [5.41, 5.74) is -0.0416. The van der Waals surface area contributed by atoms with E-state index in [1.165, 1.54) is 43.6 Å². The van der Waals surface area contributed by atoms with Gasteiger partial charge >= 0.3 is 0 Å². The molecule has 0 fully saturated rings. The molecule has 0 N–H and O–H groups in total. The Morgan fingerprint density at radius 2 is 1.73 bits per heavy atom. The van der Waals surface area contributed by atoms with E-state index in [2.05, 4.69) is 0 Å². The fraction of sp³-hybridized carbons (Fsp3) is 0.0500. The van der Waals surface area contributed by atoms with Gasteiger partial charge in [-0.15, -0.1) is 0 Å². The van der Waals surface area contributed by atoms with Crippen molar-refractivity contribution >= 4 is 25.9 Å². The Hall–Kier alpha value is -3.42. The van der Waals surface area contributed by atoms with Crippen LogP contribution in [0, 0.1) is 17.1 Å². The first-order valence-electron chi connectivity index (χ1n) is 8.39. The molecule has 10 heteroatoms. The monoisotopic (exact) mass is 446 g/mol. The largest absolute Gasteiger partial charge is 0.497 e. The zero-order chi connectivity index (χ0) is 21.9. The van der Waals surface area contributed by atoms with E-state index in [9.17, 15) is 26.5 Å². The van der Waals surface area contributed by atoms with Crippen LogP contribution >= 0.6 is 0 Å². The van der Waals surface area contributed by atoms with E-state index in [0.717, 1.165) is 34.3 Å². The van der Waals surface area contributed by atoms with Gasteiger partial charge in [0.15, 0.2) is 4.91 Å². The number of rotatable bonds is 6. The summed E-state index contributed by atoms with van der Waals surface area (Å²) >= 11 is 0. The summed E-state index contributed by atoms with van der Waals surface area (Å²) in [6, 6.07) is 14.1. The van der Waals surface area contributed by atoms with E-state index in [1.54, 1.807) is 12.1 Å². The SMILES string of the molecule is COc1cccc(S(=O)(=O)n2cccc2/C=C(\C#N)S(=O)(=O)c2ccc(F)cc2)c1. The predicted octanol–water partition coefficient (Wildman–Crippen LogP) is 3.21. The van der Waals surface area contributed by atoms with Crippen LogP contribution in [-0.2, 0) is 19.9 Å². The quantitative estimate of drug-likeness (QED) is 0.425. The lowest BCUT2D eigenvalue weighted by molar-refractivity contribution is 0.413. The van der Waals surface area contributed by atoms with E-state index in [4.69, 9.17) is 4.74 Å². The number of sulfone groups is 1. The Labute approximate surface area is 173 Å². The van der Waals surface area contributed by atoms with Gasteiger partial charge in [0.25, 0.3) is 10.0 Å². The van der Waals surface area contributed by atoms with E-state index >= 15 is 0 Å². The number of halogens is 1. The van der Waals surface area contributed by atoms with E-state index in [1.807, 2.05) is 0 Å². The Balaban J connectivity index is 2.10. The average molecular weight is 446 g/mol. The number of nitrogens with zero attached hydrogens (tertiary/aromatic N) is 2. The van der Waals surface area contributed by atoms with Crippen LogP contribution in [0.25, 0.3) is 6.08 Å². The highest BCUT2D eigenvalue weighted by Crippen LogP contribution is 2.25. The lowest BCUT2D eigenvalue weighted by Crippen LogP contribution is -2.14. The number of hydrogen-bond acceptors (Lipinski definition) is 6. The summed E-state index contributed by atoms with van der Waals surface area (Å²) in [5, 5.41) is 9.41. The van der Waals surface area contributed by atoms with Crippen molar-refractivity contribution in [2.45, 2.75) is 9.79 Å². The molecule has 1 heterocycles. The fourth-order valence-corrected chi connectivity index (χ4v) is 5.14. The first-order chi connectivity index (χ1) is 14.2. The number of methoxy groups -OCH3 is 1. The highest BCUT2D eigenvalue weighted by atomic mass is 32.2. The molecule has 0 aliphatic carbocycles. The highest BCUT2D eigenvalue weighted by molar-refractivity contribution is 7.95. The van der Waals surface area contributed by atoms with Crippen molar-refractivity contribution in [3.05, 3.63) is 83.3 Å². The maximum Gasteiger partial charge on any atom is 0.268 e. The number of nitriles is 1. The van der Waals surface area contributed by atoms with Gasteiger partial charge < -0.3 is 4.74 Å². The molecule has 0 bridgehead atoms. The highest BCUT2D eigenvalue weighted by Gasteiger charge is 2.24. The van der Waals surface area contributed by atoms with Gasteiger partial charge in [0.2, 0.25) is 9.84 Å². The molecule has 7 nitrogen and oxygen atoms in total. The Morgan fingerprint density at radius 3 is 2.37 bits per heavy atom. The summed E-state index contributed by atoms with van der Waals surface area (Å²) in [4.78, 5) is -1.05. The van der Waals surface area contributed by atoms with Crippen LogP contribution in [0.3, 0.4) is 0 Å². The molecule has 0 aliphatic heterocycles. The van der Waals surface area contributed by atoms with Gasteiger partial charge in [-0.25, -0.2) is 25.2 Å². The minimum absolute atomic E-state index is 0.0416. The molecule has 3 aromatic rings. The third-order valence-corrected chi connectivity index (χ3v) is 7.52. The molecule has 0 spiro atoms. The lowest BCUT2D eigenvalue weighted by atomic mass is 10.3. The Morgan fingerprint density at radius 1 is 1.03 bits per heavy atom. The summed E-state index contributed by atoms with van der Waals surface area (Å²) in [5.74, 6) is -0.299. The van der Waals surface area contributed by atoms with Gasteiger partial charge in [-0.1, -0.05) is 6.07 Å². The molecule has 30 heavy (non-hydrogen) atoms. The van der Waals surface area contributed by atoms with Gasteiger partial charge in [-0.3, -0.25) is 0 Å². The minimum Gasteiger partial charge on any atom is -0.497 e. The molecule has 0 radical (unpaired) electrons. The van der Waals surface area contributed by atoms with Crippen molar-refractivity contribution in [2.24, 2.45) is 0 Å². The van der Waals surface area contributed by atoms with Crippen LogP contribution in [0.15, 0.2) is 81.6 Å². The van der Waals surface area contributed by atoms with Crippen LogP contribution in [0.5, 0.6) is 5.75 Å². The molecule has 3 rings (SSSR count). The molecule has 1 aromatic heterocycles. The van der Waals surface area contributed by atoms with Crippen LogP contribution in [0.4, 0.5) is 4.39 Å². The summed E-state index contributed by atoms with van der Waals surface area (Å²) < 4.78 is 70.5. The molecule has 0 aliphatic rings. The molecular formula is C20H15FN2O5S2. The van der Waals surface area contributed by atoms with Crippen LogP contribution in [0.2, 0.25) is 0 Å². The van der Waals surface area contributed by atoms with Gasteiger partial charge in [0, 0.05) is 12.3 Å². The number of ether oxygens (including phenoxy) is 1. The Bertz CT molecular complexity index is 1370. The molecule has 154 valence electrons. The number of allylic oxidation sites excluding steroid dienone is 1. The molecular weight excluding hydrogens is 431 g/mol. The molecule has 0 atom stereocenters. The van der Waals surface area contributed by atoms with Gasteiger partial charge in [0.05, 0.1) is 22.6 Å². The van der Waals surface area contributed by atoms with Crippen molar-refractivity contribution in [1.29, 1.82) is 5.26 Å². The van der Waals surface area contributed by atoms with Crippen LogP contribution < -0.4 is 4.74 Å². The van der Waals surface area contributed by atoms with Crippen molar-refractivity contribution in [3.8, 4) is 11.8 Å². The second-order valence-electron chi connectivity index (χ2n) is 5.99. The second-order valence-corrected chi connectivity index (χ2v) is 9.72. The minimum atomic E-state index is -4.28. The van der Waals surface area contributed by atoms with Crippen molar-refractivity contribution in [3.63, 3.8) is 0 Å². The molecule has 2 aromatic carbocycles. The number of aromatic nitrogens is 1. The predicted molar refractivity (Wildman–Crippen MR) is 107 cm³/mol. The van der Waals surface area contributed by atoms with Crippen molar-refractivity contribution in [2.75, 3.05) is 7.11 Å². The summed E-state index contributed by atoms with van der Waals surface area (Å²) in [6.07, 6.45) is 2.19. The third kappa shape index (κ3) is 3.98. The molecule has 0 saturated heterocycles. The molecule has 0 unspecified atom stereocenters. The normalized spacial score (nSPS) is 12.4. The maximum atomic E-state index is 13.1. The first kappa shape index (κ1) is 21.3. The molecule has 0 saturated carbocycles. The third-order valence-electron chi connectivity index (χ3n) is 4.14. The summed E-state index contributed by atoms with van der Waals surface area (Å²) in [6.45, 7) is 0. The van der Waals surface area contributed by atoms with Crippen LogP contribution in [-0.4, -0.2) is 27.9 Å². The topological polar surface area (TPSA) is 106 Å². The first-order valence-corrected chi connectivity index (χ1v) is 11.3. The van der Waals surface area contributed by atoms with E-state index < -0.39 is 30.6 Å². The van der Waals surface area contributed by atoms with Crippen molar-refractivity contribution < 1.29 is 26.0 Å². The fourth-order valence-electron chi connectivity index (χ4n) is 2.63. The van der Waals surface area contributed by atoms with E-state index in [-0.39, 0.29) is 15.5 Å². The number of benzene rings is 2. The zero-order valence-corrected chi connectivity index (χ0v) is 17.2. The van der Waals surface area contributed by atoms with Gasteiger partial charge in [0.1, 0.15) is 17.6 Å². The van der Waals surface area contributed by atoms with Gasteiger partial charge in [-0.05, 0) is 54.6 Å². The average Bonchev–Trinajstić information content (AvgIpc) is 3.21. The smallest absolute Gasteiger partial charge is 0.268 e. The summed E-state index contributed by atoms with van der Waals surface area (Å²) in [7, 11) is -6.97. The standard InChI is InChI=1S/C20H15FN2O5S2/c1-28-17-5-2-6-19(13-17)30(26,27)23-11-3-4-16(23)12-20(14-22)29(24,25)18-9-7-15(21)8-10-18/h2-13H,1H3/b20-12+. The second kappa shape index (κ2) is 8.14. The van der Waals surface area contributed by atoms with E-state index in [0.29, 0.717) is 5.75 Å².